The molecule has 0 unspecified atom stereocenters. The predicted octanol–water partition coefficient (Wildman–Crippen LogP) is 1.24. The van der Waals surface area contributed by atoms with E-state index in [0.717, 1.165) is 6.42 Å². The highest BCUT2D eigenvalue weighted by molar-refractivity contribution is 6.29. The summed E-state index contributed by atoms with van der Waals surface area (Å²) >= 11 is 5.92. The van der Waals surface area contributed by atoms with E-state index in [9.17, 15) is 4.79 Å². The second kappa shape index (κ2) is 7.91. The van der Waals surface area contributed by atoms with Gasteiger partial charge in [-0.3, -0.25) is 4.79 Å². The van der Waals surface area contributed by atoms with Crippen LogP contribution in [0.1, 0.15) is 19.2 Å². The van der Waals surface area contributed by atoms with Crippen molar-refractivity contribution in [3.8, 4) is 0 Å². The molecule has 0 spiro atoms. The normalized spacial score (nSPS) is 10.3. The summed E-state index contributed by atoms with van der Waals surface area (Å²) in [5.41, 5.74) is 0. The number of rotatable bonds is 7. The summed E-state index contributed by atoms with van der Waals surface area (Å²) in [6.07, 6.45) is 0.910. The topological polar surface area (TPSA) is 67.4 Å². The van der Waals surface area contributed by atoms with E-state index in [-0.39, 0.29) is 19.1 Å². The lowest BCUT2D eigenvalue weighted by atomic mass is 10.4. The molecule has 106 valence electrons. The number of methoxy groups -OCH3 is 1. The maximum atomic E-state index is 11.6. The molecular formula is C12H19ClN4O2. The lowest BCUT2D eigenvalue weighted by molar-refractivity contribution is -0.119. The Morgan fingerprint density at radius 2 is 2.26 bits per heavy atom. The van der Waals surface area contributed by atoms with Gasteiger partial charge in [0.05, 0.1) is 6.54 Å². The van der Waals surface area contributed by atoms with Crippen molar-refractivity contribution in [1.82, 2.24) is 15.3 Å². The van der Waals surface area contributed by atoms with Crippen LogP contribution >= 0.6 is 11.6 Å². The van der Waals surface area contributed by atoms with Crippen LogP contribution in [0.5, 0.6) is 0 Å². The van der Waals surface area contributed by atoms with E-state index in [1.807, 2.05) is 6.92 Å². The number of nitrogens with zero attached hydrogens (tertiary/aromatic N) is 3. The van der Waals surface area contributed by atoms with Crippen LogP contribution in [0.4, 0.5) is 5.82 Å². The van der Waals surface area contributed by atoms with E-state index in [1.165, 1.54) is 0 Å². The van der Waals surface area contributed by atoms with Crippen LogP contribution in [0, 0.1) is 0 Å². The van der Waals surface area contributed by atoms with E-state index < -0.39 is 0 Å². The molecule has 0 aliphatic rings. The summed E-state index contributed by atoms with van der Waals surface area (Å²) in [5.74, 6) is 1.04. The molecule has 0 aliphatic heterocycles. The number of aromatic nitrogens is 2. The van der Waals surface area contributed by atoms with Crippen LogP contribution in [0.15, 0.2) is 6.07 Å². The van der Waals surface area contributed by atoms with Gasteiger partial charge in [0.2, 0.25) is 5.91 Å². The van der Waals surface area contributed by atoms with Gasteiger partial charge >= 0.3 is 0 Å². The number of anilines is 1. The minimum atomic E-state index is -0.0487. The number of ether oxygens (including phenoxy) is 1. The number of carbonyl (C=O) groups is 1. The molecule has 0 aromatic carbocycles. The zero-order valence-electron chi connectivity index (χ0n) is 11.4. The Morgan fingerprint density at radius 3 is 2.89 bits per heavy atom. The number of hydrogen-bond donors (Lipinski definition) is 1. The average molecular weight is 287 g/mol. The van der Waals surface area contributed by atoms with Crippen molar-refractivity contribution in [1.29, 1.82) is 0 Å². The number of amides is 1. The second-order valence-corrected chi connectivity index (χ2v) is 4.49. The van der Waals surface area contributed by atoms with Gasteiger partial charge in [0.15, 0.2) is 5.82 Å². The molecule has 0 fully saturated rings. The largest absolute Gasteiger partial charge is 0.377 e. The van der Waals surface area contributed by atoms with Crippen molar-refractivity contribution in [3.05, 3.63) is 17.0 Å². The van der Waals surface area contributed by atoms with Gasteiger partial charge in [-0.05, 0) is 6.42 Å². The summed E-state index contributed by atoms with van der Waals surface area (Å²) in [6.45, 7) is 3.18. The minimum absolute atomic E-state index is 0.0487. The van der Waals surface area contributed by atoms with Gasteiger partial charge < -0.3 is 15.0 Å². The molecule has 0 atom stereocenters. The Morgan fingerprint density at radius 1 is 1.53 bits per heavy atom. The fourth-order valence-corrected chi connectivity index (χ4v) is 1.65. The first-order valence-corrected chi connectivity index (χ1v) is 6.44. The summed E-state index contributed by atoms with van der Waals surface area (Å²) < 4.78 is 4.97. The van der Waals surface area contributed by atoms with E-state index in [0.29, 0.717) is 23.3 Å². The van der Waals surface area contributed by atoms with E-state index in [1.54, 1.807) is 25.1 Å². The molecule has 1 heterocycles. The summed E-state index contributed by atoms with van der Waals surface area (Å²) in [5, 5.41) is 3.14. The fourth-order valence-electron chi connectivity index (χ4n) is 1.46. The van der Waals surface area contributed by atoms with Crippen LogP contribution in [0.3, 0.4) is 0 Å². The second-order valence-electron chi connectivity index (χ2n) is 4.10. The SMILES string of the molecule is CCCNC(=O)CN(C)c1cc(Cl)nc(COC)n1. The fraction of sp³-hybridized carbons (Fsp3) is 0.583. The highest BCUT2D eigenvalue weighted by atomic mass is 35.5. The third-order valence-electron chi connectivity index (χ3n) is 2.35. The number of halogens is 1. The maximum absolute atomic E-state index is 11.6. The van der Waals surface area contributed by atoms with Crippen LogP contribution in [0.2, 0.25) is 5.15 Å². The first-order valence-electron chi connectivity index (χ1n) is 6.07. The third kappa shape index (κ3) is 5.40. The molecule has 0 radical (unpaired) electrons. The molecule has 1 aromatic rings. The van der Waals surface area contributed by atoms with Gasteiger partial charge in [-0.15, -0.1) is 0 Å². The molecule has 7 heteroatoms. The Labute approximate surface area is 118 Å². The van der Waals surface area contributed by atoms with Crippen molar-refractivity contribution >= 4 is 23.3 Å². The van der Waals surface area contributed by atoms with Crippen molar-refractivity contribution < 1.29 is 9.53 Å². The third-order valence-corrected chi connectivity index (χ3v) is 2.54. The van der Waals surface area contributed by atoms with Gasteiger partial charge in [-0.25, -0.2) is 9.97 Å². The van der Waals surface area contributed by atoms with E-state index in [2.05, 4.69) is 15.3 Å². The van der Waals surface area contributed by atoms with E-state index in [4.69, 9.17) is 16.3 Å². The molecule has 1 rings (SSSR count). The number of likely N-dealkylation sites (N-methyl/N-ethyl adjacent to an activating group) is 1. The van der Waals surface area contributed by atoms with Crippen molar-refractivity contribution in [2.75, 3.05) is 32.1 Å². The molecule has 6 nitrogen and oxygen atoms in total. The van der Waals surface area contributed by atoms with Gasteiger partial charge in [0.25, 0.3) is 0 Å². The van der Waals surface area contributed by atoms with Gasteiger partial charge in [0, 0.05) is 26.8 Å². The van der Waals surface area contributed by atoms with Gasteiger partial charge in [0.1, 0.15) is 17.6 Å². The molecule has 1 amide bonds. The highest BCUT2D eigenvalue weighted by Crippen LogP contribution is 2.15. The van der Waals surface area contributed by atoms with Crippen molar-refractivity contribution in [3.63, 3.8) is 0 Å². The van der Waals surface area contributed by atoms with Crippen LogP contribution < -0.4 is 10.2 Å². The maximum Gasteiger partial charge on any atom is 0.239 e. The summed E-state index contributed by atoms with van der Waals surface area (Å²) in [7, 11) is 3.34. The first-order chi connectivity index (χ1) is 9.06. The summed E-state index contributed by atoms with van der Waals surface area (Å²) in [6, 6.07) is 1.62. The zero-order valence-corrected chi connectivity index (χ0v) is 12.2. The molecule has 0 bridgehead atoms. The average Bonchev–Trinajstić information content (AvgIpc) is 2.36. The Kier molecular flexibility index (Phi) is 6.52. The molecular weight excluding hydrogens is 268 g/mol. The quantitative estimate of drug-likeness (QED) is 0.764. The molecule has 0 saturated carbocycles. The van der Waals surface area contributed by atoms with Gasteiger partial charge in [-0.2, -0.15) is 0 Å². The van der Waals surface area contributed by atoms with Gasteiger partial charge in [-0.1, -0.05) is 18.5 Å². The standard InChI is InChI=1S/C12H19ClN4O2/c1-4-5-14-12(18)7-17(2)11-6-9(13)15-10(16-11)8-19-3/h6H,4-5,7-8H2,1-3H3,(H,14,18). The molecule has 0 aliphatic carbocycles. The predicted molar refractivity (Wildman–Crippen MR) is 74.3 cm³/mol. The first kappa shape index (κ1) is 15.7. The van der Waals surface area contributed by atoms with Crippen molar-refractivity contribution in [2.24, 2.45) is 0 Å². The monoisotopic (exact) mass is 286 g/mol. The number of hydrogen-bond acceptors (Lipinski definition) is 5. The lowest BCUT2D eigenvalue weighted by Gasteiger charge is -2.18. The number of nitrogens with one attached hydrogen (secondary N) is 1. The highest BCUT2D eigenvalue weighted by Gasteiger charge is 2.11. The lowest BCUT2D eigenvalue weighted by Crippen LogP contribution is -2.36. The minimum Gasteiger partial charge on any atom is -0.377 e. The number of carbonyl (C=O) groups excluding carboxylic acids is 1. The molecule has 19 heavy (non-hydrogen) atoms. The Hall–Kier alpha value is -1.40. The Balaban J connectivity index is 2.70. The summed E-state index contributed by atoms with van der Waals surface area (Å²) in [4.78, 5) is 21.7. The van der Waals surface area contributed by atoms with Crippen LogP contribution in [-0.2, 0) is 16.1 Å². The molecule has 1 aromatic heterocycles. The van der Waals surface area contributed by atoms with Crippen LogP contribution in [0.25, 0.3) is 0 Å². The van der Waals surface area contributed by atoms with Crippen LogP contribution in [-0.4, -0.2) is 43.1 Å². The van der Waals surface area contributed by atoms with Crippen molar-refractivity contribution in [2.45, 2.75) is 20.0 Å². The zero-order chi connectivity index (χ0) is 14.3. The Bertz CT molecular complexity index is 428. The van der Waals surface area contributed by atoms with E-state index >= 15 is 0 Å². The molecule has 1 N–H and O–H groups in total. The smallest absolute Gasteiger partial charge is 0.239 e. The molecule has 0 saturated heterocycles.